The second kappa shape index (κ2) is 7.61. The van der Waals surface area contributed by atoms with Crippen molar-refractivity contribution in [1.82, 2.24) is 5.32 Å². The van der Waals surface area contributed by atoms with Crippen LogP contribution in [0.3, 0.4) is 0 Å². The molecule has 2 aromatic rings. The van der Waals surface area contributed by atoms with Crippen molar-refractivity contribution >= 4 is 29.1 Å². The fourth-order valence-corrected chi connectivity index (χ4v) is 3.87. The van der Waals surface area contributed by atoms with Gasteiger partial charge in [-0.05, 0) is 29.9 Å². The maximum atomic E-state index is 12.7. The summed E-state index contributed by atoms with van der Waals surface area (Å²) in [4.78, 5) is 36.9. The van der Waals surface area contributed by atoms with E-state index in [-0.39, 0.29) is 0 Å². The lowest BCUT2D eigenvalue weighted by Crippen LogP contribution is -2.39. The summed E-state index contributed by atoms with van der Waals surface area (Å²) in [6.07, 6.45) is 3.33. The highest BCUT2D eigenvalue weighted by atomic mass is 32.1. The quantitative estimate of drug-likeness (QED) is 0.835. The normalized spacial score (nSPS) is 15.5. The van der Waals surface area contributed by atoms with Gasteiger partial charge in [0.2, 0.25) is 0 Å². The molecule has 0 radical (unpaired) electrons. The Morgan fingerprint density at radius 3 is 2.40 bits per heavy atom. The maximum Gasteiger partial charge on any atom is 0.317 e. The summed E-state index contributed by atoms with van der Waals surface area (Å²) < 4.78 is 5.26. The predicted octanol–water partition coefficient (Wildman–Crippen LogP) is 3.06. The zero-order valence-electron chi connectivity index (χ0n) is 13.7. The van der Waals surface area contributed by atoms with Crippen molar-refractivity contribution in [1.29, 1.82) is 0 Å². The first-order chi connectivity index (χ1) is 12.1. The van der Waals surface area contributed by atoms with Crippen LogP contribution >= 0.6 is 11.3 Å². The van der Waals surface area contributed by atoms with Crippen molar-refractivity contribution in [3.63, 3.8) is 0 Å². The van der Waals surface area contributed by atoms with Gasteiger partial charge < -0.3 is 4.74 Å². The molecule has 1 aliphatic rings. The highest BCUT2D eigenvalue weighted by molar-refractivity contribution is 7.12. The molecule has 0 bridgehead atoms. The first kappa shape index (κ1) is 17.4. The first-order valence-corrected chi connectivity index (χ1v) is 9.10. The number of imide groups is 1. The largest absolute Gasteiger partial charge is 0.455 e. The fourth-order valence-electron chi connectivity index (χ4n) is 3.25. The van der Waals surface area contributed by atoms with Crippen LogP contribution in [0.2, 0.25) is 0 Å². The molecular formula is C19H19NO4S. The number of nitrogens with one attached hydrogen (secondary N) is 1. The van der Waals surface area contributed by atoms with Gasteiger partial charge in [0.05, 0.1) is 10.3 Å². The summed E-state index contributed by atoms with van der Waals surface area (Å²) in [6, 6.07) is 12.9. The molecule has 0 saturated heterocycles. The third kappa shape index (κ3) is 3.79. The number of ether oxygens (including phenoxy) is 1. The van der Waals surface area contributed by atoms with E-state index in [1.165, 1.54) is 11.3 Å². The third-order valence-electron chi connectivity index (χ3n) is 4.51. The fraction of sp³-hybridized carbons (Fsp3) is 0.316. The van der Waals surface area contributed by atoms with Gasteiger partial charge in [-0.25, -0.2) is 0 Å². The van der Waals surface area contributed by atoms with Crippen molar-refractivity contribution in [2.75, 3.05) is 6.61 Å². The minimum atomic E-state index is -0.681. The number of benzene rings is 1. The highest BCUT2D eigenvalue weighted by Crippen LogP contribution is 2.42. The summed E-state index contributed by atoms with van der Waals surface area (Å²) in [5.74, 6) is -1.49. The first-order valence-electron chi connectivity index (χ1n) is 8.22. The molecule has 25 heavy (non-hydrogen) atoms. The smallest absolute Gasteiger partial charge is 0.317 e. The molecule has 6 heteroatoms. The zero-order valence-corrected chi connectivity index (χ0v) is 14.5. The van der Waals surface area contributed by atoms with Crippen LogP contribution in [-0.2, 0) is 19.7 Å². The Labute approximate surface area is 150 Å². The average Bonchev–Trinajstić information content (AvgIpc) is 3.32. The summed E-state index contributed by atoms with van der Waals surface area (Å²) >= 11 is 1.24. The summed E-state index contributed by atoms with van der Waals surface area (Å²) in [7, 11) is 0. The molecule has 0 atom stereocenters. The molecule has 5 nitrogen and oxygen atoms in total. The second-order valence-electron chi connectivity index (χ2n) is 6.09. The monoisotopic (exact) mass is 357 g/mol. The van der Waals surface area contributed by atoms with Crippen LogP contribution in [0.15, 0.2) is 47.8 Å². The van der Waals surface area contributed by atoms with Crippen molar-refractivity contribution in [3.05, 3.63) is 58.3 Å². The van der Waals surface area contributed by atoms with Crippen LogP contribution in [0.4, 0.5) is 0 Å². The topological polar surface area (TPSA) is 72.5 Å². The molecule has 1 aliphatic carbocycles. The van der Waals surface area contributed by atoms with Crippen molar-refractivity contribution in [2.45, 2.75) is 31.1 Å². The number of esters is 1. The SMILES string of the molecule is O=C(COC(=O)C1(c2ccccc2)CCCC1)NC(=O)c1cccs1. The highest BCUT2D eigenvalue weighted by Gasteiger charge is 2.44. The van der Waals surface area contributed by atoms with Gasteiger partial charge in [0.1, 0.15) is 0 Å². The number of hydrogen-bond acceptors (Lipinski definition) is 5. The number of amides is 2. The van der Waals surface area contributed by atoms with Gasteiger partial charge in [0, 0.05) is 0 Å². The van der Waals surface area contributed by atoms with Gasteiger partial charge in [-0.15, -0.1) is 11.3 Å². The lowest BCUT2D eigenvalue weighted by molar-refractivity contribution is -0.154. The molecule has 130 valence electrons. The summed E-state index contributed by atoms with van der Waals surface area (Å²) in [6.45, 7) is -0.454. The molecule has 1 N–H and O–H groups in total. The Bertz CT molecular complexity index is 749. The number of thiophene rings is 1. The van der Waals surface area contributed by atoms with Crippen molar-refractivity contribution in [3.8, 4) is 0 Å². The van der Waals surface area contributed by atoms with Gasteiger partial charge in [-0.1, -0.05) is 49.2 Å². The average molecular weight is 357 g/mol. The van der Waals surface area contributed by atoms with E-state index in [1.807, 2.05) is 30.3 Å². The molecule has 1 fully saturated rings. The number of carbonyl (C=O) groups is 3. The minimum Gasteiger partial charge on any atom is -0.455 e. The molecule has 0 spiro atoms. The van der Waals surface area contributed by atoms with E-state index in [1.54, 1.807) is 17.5 Å². The summed E-state index contributed by atoms with van der Waals surface area (Å²) in [5.41, 5.74) is 0.242. The Hall–Kier alpha value is -2.47. The molecule has 1 aromatic heterocycles. The molecular weight excluding hydrogens is 338 g/mol. The molecule has 1 saturated carbocycles. The lowest BCUT2D eigenvalue weighted by atomic mass is 9.79. The van der Waals surface area contributed by atoms with E-state index in [0.29, 0.717) is 17.7 Å². The number of hydrogen-bond donors (Lipinski definition) is 1. The van der Waals surface area contributed by atoms with E-state index >= 15 is 0 Å². The number of carbonyl (C=O) groups excluding carboxylic acids is 3. The maximum absolute atomic E-state index is 12.7. The van der Waals surface area contributed by atoms with Crippen LogP contribution in [0.1, 0.15) is 40.9 Å². The van der Waals surface area contributed by atoms with Crippen LogP contribution in [0.25, 0.3) is 0 Å². The van der Waals surface area contributed by atoms with E-state index < -0.39 is 29.8 Å². The van der Waals surface area contributed by atoms with Crippen molar-refractivity contribution in [2.24, 2.45) is 0 Å². The number of rotatable bonds is 5. The van der Waals surface area contributed by atoms with Crippen molar-refractivity contribution < 1.29 is 19.1 Å². The van der Waals surface area contributed by atoms with E-state index in [4.69, 9.17) is 4.74 Å². The molecule has 2 amide bonds. The summed E-state index contributed by atoms with van der Waals surface area (Å²) in [5, 5.41) is 3.99. The van der Waals surface area contributed by atoms with Gasteiger partial charge >= 0.3 is 5.97 Å². The second-order valence-corrected chi connectivity index (χ2v) is 7.03. The predicted molar refractivity (Wildman–Crippen MR) is 94.3 cm³/mol. The van der Waals surface area contributed by atoms with E-state index in [2.05, 4.69) is 5.32 Å². The third-order valence-corrected chi connectivity index (χ3v) is 5.38. The van der Waals surface area contributed by atoms with Gasteiger partial charge in [-0.3, -0.25) is 19.7 Å². The van der Waals surface area contributed by atoms with Crippen LogP contribution < -0.4 is 5.32 Å². The van der Waals surface area contributed by atoms with E-state index in [0.717, 1.165) is 18.4 Å². The Kier molecular flexibility index (Phi) is 5.28. The molecule has 0 unspecified atom stereocenters. The zero-order chi connectivity index (χ0) is 17.7. The molecule has 0 aliphatic heterocycles. The van der Waals surface area contributed by atoms with Crippen LogP contribution in [0.5, 0.6) is 0 Å². The standard InChI is InChI=1S/C19H19NO4S/c21-16(20-17(22)15-9-6-12-25-15)13-24-18(23)19(10-4-5-11-19)14-7-2-1-3-8-14/h1-3,6-9,12H,4-5,10-11,13H2,(H,20,21,22). The molecule has 1 heterocycles. The Balaban J connectivity index is 1.61. The minimum absolute atomic E-state index is 0.394. The Morgan fingerprint density at radius 1 is 1.04 bits per heavy atom. The van der Waals surface area contributed by atoms with Gasteiger partial charge in [-0.2, -0.15) is 0 Å². The van der Waals surface area contributed by atoms with Gasteiger partial charge in [0.25, 0.3) is 11.8 Å². The molecule has 1 aromatic carbocycles. The molecule has 3 rings (SSSR count). The van der Waals surface area contributed by atoms with Gasteiger partial charge in [0.15, 0.2) is 6.61 Å². The van der Waals surface area contributed by atoms with Crippen LogP contribution in [0, 0.1) is 0 Å². The van der Waals surface area contributed by atoms with Crippen LogP contribution in [-0.4, -0.2) is 24.4 Å². The Morgan fingerprint density at radius 2 is 1.76 bits per heavy atom. The van der Waals surface area contributed by atoms with E-state index in [9.17, 15) is 14.4 Å². The lowest BCUT2D eigenvalue weighted by Gasteiger charge is -2.27.